The highest BCUT2D eigenvalue weighted by Crippen LogP contribution is 2.27. The van der Waals surface area contributed by atoms with Crippen molar-refractivity contribution >= 4 is 11.8 Å². The van der Waals surface area contributed by atoms with Gasteiger partial charge in [-0.2, -0.15) is 4.98 Å². The van der Waals surface area contributed by atoms with Crippen LogP contribution in [0.5, 0.6) is 0 Å². The molecule has 7 heteroatoms. The van der Waals surface area contributed by atoms with Gasteiger partial charge < -0.3 is 5.11 Å². The quantitative estimate of drug-likeness (QED) is 0.632. The maximum Gasteiger partial charge on any atom is 0.339 e. The van der Waals surface area contributed by atoms with E-state index in [4.69, 9.17) is 0 Å². The van der Waals surface area contributed by atoms with E-state index in [1.807, 2.05) is 30.3 Å². The molecule has 1 aromatic heterocycles. The van der Waals surface area contributed by atoms with Crippen LogP contribution in [-0.4, -0.2) is 25.6 Å². The van der Waals surface area contributed by atoms with Crippen molar-refractivity contribution in [2.75, 3.05) is 5.75 Å². The van der Waals surface area contributed by atoms with Gasteiger partial charge in [0.15, 0.2) is 5.16 Å². The third-order valence-electron chi connectivity index (χ3n) is 2.83. The van der Waals surface area contributed by atoms with Gasteiger partial charge in [-0.05, 0) is 12.5 Å². The molecule has 0 saturated carbocycles. The standard InChI is InChI=1S/C13H15N3O3S/c1-13(19,9-6-4-3-5-7-9)8-20-12-14-10(17)11(18)15-16(12)2/h3-7,19H,8H2,1-2H3,(H,15,18). The molecule has 0 fully saturated rings. The molecule has 1 atom stereocenters. The fourth-order valence-corrected chi connectivity index (χ4v) is 2.64. The van der Waals surface area contributed by atoms with Gasteiger partial charge in [0, 0.05) is 12.8 Å². The van der Waals surface area contributed by atoms with Crippen LogP contribution in [0.3, 0.4) is 0 Å². The molecule has 2 N–H and O–H groups in total. The molecule has 0 bridgehead atoms. The Morgan fingerprint density at radius 2 is 2.00 bits per heavy atom. The summed E-state index contributed by atoms with van der Waals surface area (Å²) in [7, 11) is 1.59. The zero-order valence-corrected chi connectivity index (χ0v) is 12.0. The van der Waals surface area contributed by atoms with Gasteiger partial charge in [0.05, 0.1) is 5.60 Å². The van der Waals surface area contributed by atoms with Crippen LogP contribution in [0.4, 0.5) is 0 Å². The Hall–Kier alpha value is -1.86. The van der Waals surface area contributed by atoms with Crippen molar-refractivity contribution in [1.82, 2.24) is 14.8 Å². The first kappa shape index (κ1) is 14.5. The summed E-state index contributed by atoms with van der Waals surface area (Å²) in [5.41, 5.74) is -1.86. The van der Waals surface area contributed by atoms with Crippen molar-refractivity contribution in [3.05, 3.63) is 56.6 Å². The summed E-state index contributed by atoms with van der Waals surface area (Å²) in [4.78, 5) is 26.0. The van der Waals surface area contributed by atoms with E-state index in [0.717, 1.165) is 5.56 Å². The number of nitrogens with zero attached hydrogens (tertiary/aromatic N) is 2. The highest BCUT2D eigenvalue weighted by molar-refractivity contribution is 7.99. The minimum absolute atomic E-state index is 0.309. The van der Waals surface area contributed by atoms with Crippen molar-refractivity contribution in [1.29, 1.82) is 0 Å². The lowest BCUT2D eigenvalue weighted by Crippen LogP contribution is -2.34. The number of rotatable bonds is 4. The van der Waals surface area contributed by atoms with Crippen molar-refractivity contribution in [3.8, 4) is 0 Å². The Morgan fingerprint density at radius 1 is 1.35 bits per heavy atom. The molecule has 0 aliphatic heterocycles. The average molecular weight is 293 g/mol. The maximum atomic E-state index is 11.2. The molecule has 2 aromatic rings. The Kier molecular flexibility index (Phi) is 4.10. The molecule has 1 aromatic carbocycles. The zero-order valence-electron chi connectivity index (χ0n) is 11.2. The fourth-order valence-electron chi connectivity index (χ4n) is 1.68. The molecule has 2 rings (SSSR count). The Morgan fingerprint density at radius 3 is 2.65 bits per heavy atom. The Labute approximate surface area is 119 Å². The van der Waals surface area contributed by atoms with Gasteiger partial charge in [0.1, 0.15) is 0 Å². The van der Waals surface area contributed by atoms with Crippen molar-refractivity contribution in [2.24, 2.45) is 7.05 Å². The molecule has 0 aliphatic rings. The highest BCUT2D eigenvalue weighted by atomic mass is 32.2. The van der Waals surface area contributed by atoms with Gasteiger partial charge in [0.25, 0.3) is 0 Å². The predicted octanol–water partition coefficient (Wildman–Crippen LogP) is 0.468. The molecule has 0 radical (unpaired) electrons. The van der Waals surface area contributed by atoms with Crippen LogP contribution in [-0.2, 0) is 12.6 Å². The molecular formula is C13H15N3O3S. The number of aryl methyl sites for hydroxylation is 1. The lowest BCUT2D eigenvalue weighted by atomic mass is 9.99. The van der Waals surface area contributed by atoms with Crippen molar-refractivity contribution in [3.63, 3.8) is 0 Å². The minimum Gasteiger partial charge on any atom is -0.385 e. The first-order chi connectivity index (χ1) is 9.40. The van der Waals surface area contributed by atoms with Gasteiger partial charge in [-0.1, -0.05) is 42.1 Å². The van der Waals surface area contributed by atoms with Gasteiger partial charge in [0.2, 0.25) is 0 Å². The number of hydrogen-bond acceptors (Lipinski definition) is 5. The van der Waals surface area contributed by atoms with E-state index >= 15 is 0 Å². The van der Waals surface area contributed by atoms with Crippen LogP contribution in [0.1, 0.15) is 12.5 Å². The molecule has 6 nitrogen and oxygen atoms in total. The van der Waals surface area contributed by atoms with Crippen LogP contribution in [0.15, 0.2) is 45.1 Å². The number of aromatic nitrogens is 3. The van der Waals surface area contributed by atoms with Crippen molar-refractivity contribution < 1.29 is 5.11 Å². The lowest BCUT2D eigenvalue weighted by molar-refractivity contribution is 0.0838. The minimum atomic E-state index is -1.06. The highest BCUT2D eigenvalue weighted by Gasteiger charge is 2.23. The van der Waals surface area contributed by atoms with E-state index in [1.165, 1.54) is 16.4 Å². The summed E-state index contributed by atoms with van der Waals surface area (Å²) in [5, 5.41) is 13.2. The molecule has 1 unspecified atom stereocenters. The summed E-state index contributed by atoms with van der Waals surface area (Å²) in [6.45, 7) is 1.69. The monoisotopic (exact) mass is 293 g/mol. The maximum absolute atomic E-state index is 11.2. The fraction of sp³-hybridized carbons (Fsp3) is 0.308. The predicted molar refractivity (Wildman–Crippen MR) is 76.8 cm³/mol. The second-order valence-electron chi connectivity index (χ2n) is 4.63. The van der Waals surface area contributed by atoms with Crippen LogP contribution in [0.25, 0.3) is 0 Å². The number of H-pyrrole nitrogens is 1. The van der Waals surface area contributed by atoms with Gasteiger partial charge in [-0.15, -0.1) is 0 Å². The summed E-state index contributed by atoms with van der Waals surface area (Å²) < 4.78 is 1.37. The Bertz CT molecular complexity index is 707. The molecule has 0 spiro atoms. The van der Waals surface area contributed by atoms with E-state index < -0.39 is 16.7 Å². The number of thioether (sulfide) groups is 1. The number of aliphatic hydroxyl groups is 1. The normalized spacial score (nSPS) is 13.9. The van der Waals surface area contributed by atoms with Crippen molar-refractivity contribution in [2.45, 2.75) is 17.7 Å². The number of hydrogen-bond donors (Lipinski definition) is 2. The second kappa shape index (κ2) is 5.64. The number of benzene rings is 1. The third-order valence-corrected chi connectivity index (χ3v) is 4.16. The average Bonchev–Trinajstić information content (AvgIpc) is 2.42. The smallest absolute Gasteiger partial charge is 0.339 e. The first-order valence-corrected chi connectivity index (χ1v) is 6.97. The molecule has 106 valence electrons. The first-order valence-electron chi connectivity index (χ1n) is 5.98. The van der Waals surface area contributed by atoms with Gasteiger partial charge >= 0.3 is 11.1 Å². The van der Waals surface area contributed by atoms with Crippen LogP contribution >= 0.6 is 11.8 Å². The lowest BCUT2D eigenvalue weighted by Gasteiger charge is -2.23. The summed E-state index contributed by atoms with van der Waals surface area (Å²) in [6, 6.07) is 9.24. The molecule has 1 heterocycles. The third kappa shape index (κ3) is 3.17. The summed E-state index contributed by atoms with van der Waals surface area (Å²) >= 11 is 1.20. The van der Waals surface area contributed by atoms with Crippen LogP contribution in [0, 0.1) is 0 Å². The van der Waals surface area contributed by atoms with E-state index in [0.29, 0.717) is 10.9 Å². The second-order valence-corrected chi connectivity index (χ2v) is 5.57. The largest absolute Gasteiger partial charge is 0.385 e. The molecule has 0 aliphatic carbocycles. The topological polar surface area (TPSA) is 88.0 Å². The molecule has 20 heavy (non-hydrogen) atoms. The van der Waals surface area contributed by atoms with E-state index in [2.05, 4.69) is 10.1 Å². The number of nitrogens with one attached hydrogen (secondary N) is 1. The zero-order chi connectivity index (χ0) is 14.8. The summed E-state index contributed by atoms with van der Waals surface area (Å²) in [6.07, 6.45) is 0. The number of aromatic amines is 1. The molecule has 0 amide bonds. The summed E-state index contributed by atoms with van der Waals surface area (Å²) in [5.74, 6) is 0.309. The van der Waals surface area contributed by atoms with E-state index in [9.17, 15) is 14.7 Å². The van der Waals surface area contributed by atoms with E-state index in [-0.39, 0.29) is 0 Å². The molecular weight excluding hydrogens is 278 g/mol. The van der Waals surface area contributed by atoms with Crippen LogP contribution in [0.2, 0.25) is 0 Å². The Balaban J connectivity index is 2.19. The van der Waals surface area contributed by atoms with Crippen LogP contribution < -0.4 is 11.1 Å². The molecule has 0 saturated heterocycles. The van der Waals surface area contributed by atoms with E-state index in [1.54, 1.807) is 14.0 Å². The SMILES string of the molecule is Cn1[nH]c(=O)c(=O)nc1SCC(C)(O)c1ccccc1. The van der Waals surface area contributed by atoms with Gasteiger partial charge in [-0.25, -0.2) is 0 Å². The van der Waals surface area contributed by atoms with Gasteiger partial charge in [-0.3, -0.25) is 19.4 Å².